The summed E-state index contributed by atoms with van der Waals surface area (Å²) in [5.41, 5.74) is 5.24. The number of aliphatic carboxylic acids is 1. The van der Waals surface area contributed by atoms with Crippen LogP contribution in [0.2, 0.25) is 0 Å². The number of thioether (sulfide) groups is 1. The molecule has 1 rings (SSSR count). The van der Waals surface area contributed by atoms with Crippen molar-refractivity contribution in [1.82, 2.24) is 4.72 Å². The molecule has 9 heteroatoms. The lowest BCUT2D eigenvalue weighted by molar-refractivity contribution is -0.139. The quantitative estimate of drug-likeness (QED) is 0.627. The monoisotopic (exact) mass is 332 g/mol. The van der Waals surface area contributed by atoms with E-state index in [1.54, 1.807) is 6.26 Å². The zero-order valence-corrected chi connectivity index (χ0v) is 12.9. The Morgan fingerprint density at radius 3 is 2.33 bits per heavy atom. The summed E-state index contributed by atoms with van der Waals surface area (Å²) in [4.78, 5) is 21.9. The molecule has 1 atom stereocenters. The lowest BCUT2D eigenvalue weighted by Crippen LogP contribution is -2.41. The average molecular weight is 332 g/mol. The molecule has 21 heavy (non-hydrogen) atoms. The lowest BCUT2D eigenvalue weighted by atomic mass is 10.2. The Balaban J connectivity index is 2.93. The second kappa shape index (κ2) is 7.43. The molecule has 4 N–H and O–H groups in total. The Morgan fingerprint density at radius 2 is 1.90 bits per heavy atom. The number of hydrogen-bond acceptors (Lipinski definition) is 5. The van der Waals surface area contributed by atoms with Crippen LogP contribution in [-0.2, 0) is 14.8 Å². The molecule has 7 nitrogen and oxygen atoms in total. The molecule has 0 saturated carbocycles. The van der Waals surface area contributed by atoms with E-state index in [1.807, 2.05) is 0 Å². The van der Waals surface area contributed by atoms with Crippen LogP contribution in [0.1, 0.15) is 16.8 Å². The summed E-state index contributed by atoms with van der Waals surface area (Å²) in [6, 6.07) is 3.76. The van der Waals surface area contributed by atoms with Crippen LogP contribution in [0.3, 0.4) is 0 Å². The Labute approximate surface area is 127 Å². The van der Waals surface area contributed by atoms with Crippen molar-refractivity contribution in [2.24, 2.45) is 5.73 Å². The van der Waals surface area contributed by atoms with Gasteiger partial charge in [0, 0.05) is 5.56 Å². The number of primary amides is 1. The fourth-order valence-corrected chi connectivity index (χ4v) is 3.22. The van der Waals surface area contributed by atoms with Gasteiger partial charge in [-0.1, -0.05) is 0 Å². The van der Waals surface area contributed by atoms with Gasteiger partial charge in [0.1, 0.15) is 6.04 Å². The molecule has 116 valence electrons. The number of amides is 1. The van der Waals surface area contributed by atoms with Gasteiger partial charge in [-0.25, -0.2) is 8.42 Å². The highest BCUT2D eigenvalue weighted by atomic mass is 32.2. The van der Waals surface area contributed by atoms with Crippen LogP contribution >= 0.6 is 11.8 Å². The van der Waals surface area contributed by atoms with Gasteiger partial charge in [0.25, 0.3) is 0 Å². The average Bonchev–Trinajstić information content (AvgIpc) is 2.43. The van der Waals surface area contributed by atoms with Crippen molar-refractivity contribution >= 4 is 33.7 Å². The smallest absolute Gasteiger partial charge is 0.321 e. The molecule has 0 radical (unpaired) electrons. The largest absolute Gasteiger partial charge is 0.480 e. The van der Waals surface area contributed by atoms with Crippen molar-refractivity contribution in [2.45, 2.75) is 17.4 Å². The Morgan fingerprint density at radius 1 is 1.33 bits per heavy atom. The summed E-state index contributed by atoms with van der Waals surface area (Å²) in [6.45, 7) is 0. The minimum absolute atomic E-state index is 0.122. The van der Waals surface area contributed by atoms with Gasteiger partial charge in [0.05, 0.1) is 4.90 Å². The van der Waals surface area contributed by atoms with Crippen LogP contribution in [0, 0.1) is 0 Å². The normalized spacial score (nSPS) is 12.8. The number of nitrogens with two attached hydrogens (primary N) is 1. The van der Waals surface area contributed by atoms with E-state index in [0.717, 1.165) is 0 Å². The number of carboxylic acid groups (broad SMARTS) is 1. The SMILES string of the molecule is CSCC[C@H](NS(=O)(=O)c1ccc(C(N)=O)cc1)C(=O)O. The summed E-state index contributed by atoms with van der Waals surface area (Å²) >= 11 is 1.42. The maximum absolute atomic E-state index is 12.1. The standard InChI is InChI=1S/C12H16N2O5S2/c1-20-7-6-10(12(16)17)14-21(18,19)9-4-2-8(3-5-9)11(13)15/h2-5,10,14H,6-7H2,1H3,(H2,13,15)(H,16,17)/t10-/m0/s1. The van der Waals surface area contributed by atoms with Crippen LogP contribution < -0.4 is 10.5 Å². The van der Waals surface area contributed by atoms with Crippen molar-refractivity contribution in [3.8, 4) is 0 Å². The van der Waals surface area contributed by atoms with Gasteiger partial charge in [-0.2, -0.15) is 16.5 Å². The second-order valence-electron chi connectivity index (χ2n) is 4.18. The van der Waals surface area contributed by atoms with Gasteiger partial charge in [-0.3, -0.25) is 9.59 Å². The number of carbonyl (C=O) groups is 2. The highest BCUT2D eigenvalue weighted by molar-refractivity contribution is 7.98. The summed E-state index contributed by atoms with van der Waals surface area (Å²) < 4.78 is 26.3. The van der Waals surface area contributed by atoms with E-state index in [2.05, 4.69) is 4.72 Å². The first-order chi connectivity index (χ1) is 9.77. The summed E-state index contributed by atoms with van der Waals surface area (Å²) in [5.74, 6) is -1.39. The molecule has 0 bridgehead atoms. The van der Waals surface area contributed by atoms with Crippen molar-refractivity contribution in [2.75, 3.05) is 12.0 Å². The van der Waals surface area contributed by atoms with Gasteiger partial charge >= 0.3 is 5.97 Å². The van der Waals surface area contributed by atoms with E-state index in [9.17, 15) is 18.0 Å². The molecule has 0 aliphatic heterocycles. The predicted molar refractivity (Wildman–Crippen MR) is 79.7 cm³/mol. The second-order valence-corrected chi connectivity index (χ2v) is 6.88. The van der Waals surface area contributed by atoms with Crippen LogP contribution in [0.4, 0.5) is 0 Å². The van der Waals surface area contributed by atoms with Crippen LogP contribution in [0.5, 0.6) is 0 Å². The highest BCUT2D eigenvalue weighted by Crippen LogP contribution is 2.12. The Hall–Kier alpha value is -1.58. The third-order valence-electron chi connectivity index (χ3n) is 2.66. The summed E-state index contributed by atoms with van der Waals surface area (Å²) in [5, 5.41) is 9.03. The number of sulfonamides is 1. The number of benzene rings is 1. The van der Waals surface area contributed by atoms with Crippen LogP contribution in [0.15, 0.2) is 29.2 Å². The molecule has 1 aromatic rings. The maximum Gasteiger partial charge on any atom is 0.321 e. The minimum Gasteiger partial charge on any atom is -0.480 e. The van der Waals surface area contributed by atoms with Gasteiger partial charge in [0.15, 0.2) is 0 Å². The predicted octanol–water partition coefficient (Wildman–Crippen LogP) is 0.270. The third kappa shape index (κ3) is 5.03. The van der Waals surface area contributed by atoms with Gasteiger partial charge < -0.3 is 10.8 Å². The first kappa shape index (κ1) is 17.5. The van der Waals surface area contributed by atoms with E-state index in [-0.39, 0.29) is 16.9 Å². The highest BCUT2D eigenvalue weighted by Gasteiger charge is 2.25. The molecule has 0 aliphatic rings. The van der Waals surface area contributed by atoms with E-state index in [1.165, 1.54) is 36.0 Å². The van der Waals surface area contributed by atoms with E-state index >= 15 is 0 Å². The zero-order chi connectivity index (χ0) is 16.0. The van der Waals surface area contributed by atoms with Crippen LogP contribution in [0.25, 0.3) is 0 Å². The molecular formula is C12H16N2O5S2. The van der Waals surface area contributed by atoms with E-state index in [0.29, 0.717) is 5.75 Å². The van der Waals surface area contributed by atoms with Crippen molar-refractivity contribution < 1.29 is 23.1 Å². The number of nitrogens with one attached hydrogen (secondary N) is 1. The third-order valence-corrected chi connectivity index (χ3v) is 4.79. The molecule has 0 aromatic heterocycles. The van der Waals surface area contributed by atoms with Crippen molar-refractivity contribution in [3.05, 3.63) is 29.8 Å². The molecule has 0 unspecified atom stereocenters. The Kier molecular flexibility index (Phi) is 6.19. The molecule has 0 saturated heterocycles. The number of carboxylic acids is 1. The fraction of sp³-hybridized carbons (Fsp3) is 0.333. The number of rotatable bonds is 8. The summed E-state index contributed by atoms with van der Waals surface area (Å²) in [7, 11) is -3.97. The lowest BCUT2D eigenvalue weighted by Gasteiger charge is -2.14. The molecule has 1 amide bonds. The zero-order valence-electron chi connectivity index (χ0n) is 11.3. The molecule has 1 aromatic carbocycles. The Bertz CT molecular complexity index is 613. The van der Waals surface area contributed by atoms with E-state index in [4.69, 9.17) is 10.8 Å². The fourth-order valence-electron chi connectivity index (χ4n) is 1.52. The van der Waals surface area contributed by atoms with Crippen molar-refractivity contribution in [3.63, 3.8) is 0 Å². The molecule has 0 aliphatic carbocycles. The van der Waals surface area contributed by atoms with Gasteiger partial charge in [0.2, 0.25) is 15.9 Å². The summed E-state index contributed by atoms with van der Waals surface area (Å²) in [6.07, 6.45) is 1.98. The maximum atomic E-state index is 12.1. The molecule has 0 spiro atoms. The number of hydrogen-bond donors (Lipinski definition) is 3. The molecule has 0 fully saturated rings. The number of carbonyl (C=O) groups excluding carboxylic acids is 1. The van der Waals surface area contributed by atoms with Gasteiger partial charge in [-0.15, -0.1) is 0 Å². The van der Waals surface area contributed by atoms with Gasteiger partial charge in [-0.05, 0) is 42.7 Å². The first-order valence-corrected chi connectivity index (χ1v) is 8.79. The van der Waals surface area contributed by atoms with E-state index < -0.39 is 27.9 Å². The molecular weight excluding hydrogens is 316 g/mol. The minimum atomic E-state index is -3.97. The van der Waals surface area contributed by atoms with Crippen molar-refractivity contribution in [1.29, 1.82) is 0 Å². The topological polar surface area (TPSA) is 127 Å². The van der Waals surface area contributed by atoms with Crippen LogP contribution in [-0.4, -0.2) is 43.5 Å². The first-order valence-electron chi connectivity index (χ1n) is 5.92. The molecule has 0 heterocycles.